The van der Waals surface area contributed by atoms with Crippen LogP contribution < -0.4 is 5.32 Å². The first kappa shape index (κ1) is 23.0. The highest BCUT2D eigenvalue weighted by molar-refractivity contribution is 5.76. The van der Waals surface area contributed by atoms with E-state index >= 15 is 0 Å². The van der Waals surface area contributed by atoms with Gasteiger partial charge in [0.1, 0.15) is 11.6 Å². The van der Waals surface area contributed by atoms with Crippen LogP contribution in [-0.4, -0.2) is 82.8 Å². The molecule has 0 spiro atoms. The van der Waals surface area contributed by atoms with E-state index in [0.29, 0.717) is 37.9 Å². The number of rotatable bonds is 5. The number of nitrogens with zero attached hydrogens (tertiary/aromatic N) is 5. The molecule has 0 saturated carbocycles. The van der Waals surface area contributed by atoms with Crippen LogP contribution in [-0.2, 0) is 22.6 Å². The van der Waals surface area contributed by atoms with Crippen LogP contribution in [0.3, 0.4) is 0 Å². The van der Waals surface area contributed by atoms with E-state index in [1.165, 1.54) is 0 Å². The molecule has 3 aliphatic heterocycles. The summed E-state index contributed by atoms with van der Waals surface area (Å²) in [7, 11) is 1.87. The number of carbonyl (C=O) groups excluding carboxylic acids is 2. The van der Waals surface area contributed by atoms with Crippen molar-refractivity contribution < 1.29 is 9.59 Å². The van der Waals surface area contributed by atoms with Gasteiger partial charge in [0.05, 0.1) is 12.2 Å². The Bertz CT molecular complexity index is 819. The summed E-state index contributed by atoms with van der Waals surface area (Å²) in [5.41, 5.74) is 2.07. The van der Waals surface area contributed by atoms with E-state index in [9.17, 15) is 9.59 Å². The molecule has 0 bridgehead atoms. The Morgan fingerprint density at radius 3 is 2.53 bits per heavy atom. The van der Waals surface area contributed by atoms with E-state index in [4.69, 9.17) is 9.97 Å². The Morgan fingerprint density at radius 2 is 1.84 bits per heavy atom. The largest absolute Gasteiger partial charge is 0.373 e. The highest BCUT2D eigenvalue weighted by Crippen LogP contribution is 2.31. The molecular weight excluding hydrogens is 404 g/mol. The van der Waals surface area contributed by atoms with Gasteiger partial charge in [0.15, 0.2) is 0 Å². The number of anilines is 1. The third-order valence-corrected chi connectivity index (χ3v) is 7.52. The summed E-state index contributed by atoms with van der Waals surface area (Å²) >= 11 is 0. The van der Waals surface area contributed by atoms with Crippen LogP contribution >= 0.6 is 0 Å². The van der Waals surface area contributed by atoms with Crippen molar-refractivity contribution in [2.75, 3.05) is 51.6 Å². The quantitative estimate of drug-likeness (QED) is 0.753. The minimum atomic E-state index is 0.0867. The zero-order valence-electron chi connectivity index (χ0n) is 19.9. The number of hydrogen-bond acceptors (Lipinski definition) is 6. The summed E-state index contributed by atoms with van der Waals surface area (Å²) in [5.74, 6) is 2.75. The fourth-order valence-electron chi connectivity index (χ4n) is 5.39. The number of carbonyl (C=O) groups is 2. The van der Waals surface area contributed by atoms with Crippen LogP contribution in [0.25, 0.3) is 0 Å². The minimum Gasteiger partial charge on any atom is -0.373 e. The van der Waals surface area contributed by atoms with Crippen LogP contribution in [0.5, 0.6) is 0 Å². The number of fused-ring (bicyclic) bond motifs is 1. The molecule has 32 heavy (non-hydrogen) atoms. The first-order valence-electron chi connectivity index (χ1n) is 12.3. The Kier molecular flexibility index (Phi) is 7.28. The molecule has 1 aromatic heterocycles. The number of amides is 2. The average Bonchev–Trinajstić information content (AvgIpc) is 2.83. The number of likely N-dealkylation sites (tertiary alicyclic amines) is 2. The average molecular weight is 443 g/mol. The molecule has 4 rings (SSSR count). The van der Waals surface area contributed by atoms with Gasteiger partial charge in [-0.2, -0.15) is 0 Å². The predicted molar refractivity (Wildman–Crippen MR) is 124 cm³/mol. The van der Waals surface area contributed by atoms with Gasteiger partial charge in [-0.15, -0.1) is 0 Å². The molecule has 0 radical (unpaired) electrons. The predicted octanol–water partition coefficient (Wildman–Crippen LogP) is 2.25. The smallest absolute Gasteiger partial charge is 0.222 e. The molecule has 4 heterocycles. The van der Waals surface area contributed by atoms with Crippen molar-refractivity contribution in [3.8, 4) is 0 Å². The first-order chi connectivity index (χ1) is 15.5. The molecule has 1 aromatic rings. The monoisotopic (exact) mass is 442 g/mol. The van der Waals surface area contributed by atoms with Gasteiger partial charge >= 0.3 is 0 Å². The number of aromatic nitrogens is 2. The number of piperidine rings is 2. The van der Waals surface area contributed by atoms with Gasteiger partial charge in [-0.1, -0.05) is 6.92 Å². The van der Waals surface area contributed by atoms with Gasteiger partial charge in [-0.3, -0.25) is 9.59 Å². The molecule has 176 valence electrons. The van der Waals surface area contributed by atoms with Crippen molar-refractivity contribution in [3.05, 3.63) is 17.1 Å². The molecular formula is C24H38N6O2. The topological polar surface area (TPSA) is 81.7 Å². The van der Waals surface area contributed by atoms with Crippen molar-refractivity contribution in [1.29, 1.82) is 0 Å². The molecule has 1 N–H and O–H groups in total. The van der Waals surface area contributed by atoms with Gasteiger partial charge in [0, 0.05) is 57.9 Å². The van der Waals surface area contributed by atoms with E-state index in [1.54, 1.807) is 6.92 Å². The van der Waals surface area contributed by atoms with Crippen molar-refractivity contribution in [2.45, 2.75) is 64.8 Å². The Balaban J connectivity index is 1.42. The highest BCUT2D eigenvalue weighted by Gasteiger charge is 2.31. The Morgan fingerprint density at radius 1 is 1.06 bits per heavy atom. The minimum absolute atomic E-state index is 0.0867. The lowest BCUT2D eigenvalue weighted by Gasteiger charge is -2.35. The molecule has 1 atom stereocenters. The van der Waals surface area contributed by atoms with Gasteiger partial charge in [-0.25, -0.2) is 9.97 Å². The second kappa shape index (κ2) is 10.1. The molecule has 2 amide bonds. The summed E-state index contributed by atoms with van der Waals surface area (Å²) in [5, 5.41) is 3.22. The summed E-state index contributed by atoms with van der Waals surface area (Å²) < 4.78 is 0. The van der Waals surface area contributed by atoms with Crippen LogP contribution in [0.1, 0.15) is 69.0 Å². The highest BCUT2D eigenvalue weighted by atomic mass is 16.2. The molecule has 0 unspecified atom stereocenters. The van der Waals surface area contributed by atoms with Gasteiger partial charge in [-0.05, 0) is 51.2 Å². The molecule has 8 nitrogen and oxygen atoms in total. The maximum absolute atomic E-state index is 13.1. The number of hydrogen-bond donors (Lipinski definition) is 1. The standard InChI is InChI=1S/C24H38N6O2/c1-4-28-11-7-18(8-12-28)14-22(32)30-10-5-6-19(15-30)23-26-21-9-13-29(17(2)31)16-20(21)24(25-3)27-23/h18-19H,4-16H2,1-3H3,(H,25,26,27)/t19-/m0/s1. The van der Waals surface area contributed by atoms with Crippen molar-refractivity contribution in [2.24, 2.45) is 5.92 Å². The molecule has 8 heteroatoms. The van der Waals surface area contributed by atoms with E-state index in [1.807, 2.05) is 11.9 Å². The van der Waals surface area contributed by atoms with Gasteiger partial charge < -0.3 is 20.0 Å². The Labute approximate surface area is 191 Å². The zero-order valence-corrected chi connectivity index (χ0v) is 19.9. The fraction of sp³-hybridized carbons (Fsp3) is 0.750. The lowest BCUT2D eigenvalue weighted by molar-refractivity contribution is -0.134. The van der Waals surface area contributed by atoms with Crippen LogP contribution in [0, 0.1) is 5.92 Å². The van der Waals surface area contributed by atoms with Crippen molar-refractivity contribution >= 4 is 17.6 Å². The summed E-state index contributed by atoms with van der Waals surface area (Å²) in [6, 6.07) is 0. The third-order valence-electron chi connectivity index (χ3n) is 7.52. The molecule has 0 aromatic carbocycles. The molecule has 2 saturated heterocycles. The second-order valence-electron chi connectivity index (χ2n) is 9.56. The third kappa shape index (κ3) is 5.05. The lowest BCUT2D eigenvalue weighted by Crippen LogP contribution is -2.42. The maximum Gasteiger partial charge on any atom is 0.222 e. The molecule has 3 aliphatic rings. The SMILES string of the molecule is CCN1CCC(CC(=O)N2CCC[C@H](c3nc4c(c(NC)n3)CN(C(C)=O)CC4)C2)CC1. The molecule has 0 aliphatic carbocycles. The fourth-order valence-corrected chi connectivity index (χ4v) is 5.39. The lowest BCUT2D eigenvalue weighted by atomic mass is 9.91. The second-order valence-corrected chi connectivity index (χ2v) is 9.56. The van der Waals surface area contributed by atoms with Crippen LogP contribution in [0.15, 0.2) is 0 Å². The Hall–Kier alpha value is -2.22. The number of nitrogens with one attached hydrogen (secondary N) is 1. The zero-order chi connectivity index (χ0) is 22.7. The van der Waals surface area contributed by atoms with E-state index in [2.05, 4.69) is 22.0 Å². The normalized spacial score (nSPS) is 22.5. The van der Waals surface area contributed by atoms with E-state index < -0.39 is 0 Å². The van der Waals surface area contributed by atoms with E-state index in [-0.39, 0.29) is 11.8 Å². The van der Waals surface area contributed by atoms with Crippen molar-refractivity contribution in [1.82, 2.24) is 24.7 Å². The van der Waals surface area contributed by atoms with Gasteiger partial charge in [0.25, 0.3) is 0 Å². The van der Waals surface area contributed by atoms with Crippen molar-refractivity contribution in [3.63, 3.8) is 0 Å². The first-order valence-corrected chi connectivity index (χ1v) is 12.3. The molecule has 2 fully saturated rings. The summed E-state index contributed by atoms with van der Waals surface area (Å²) in [6.45, 7) is 10.00. The van der Waals surface area contributed by atoms with Gasteiger partial charge in [0.2, 0.25) is 11.8 Å². The van der Waals surface area contributed by atoms with Crippen LogP contribution in [0.2, 0.25) is 0 Å². The maximum atomic E-state index is 13.1. The summed E-state index contributed by atoms with van der Waals surface area (Å²) in [6.07, 6.45) is 5.71. The summed E-state index contributed by atoms with van der Waals surface area (Å²) in [4.78, 5) is 41.0. The van der Waals surface area contributed by atoms with Crippen LogP contribution in [0.4, 0.5) is 5.82 Å². The van der Waals surface area contributed by atoms with E-state index in [0.717, 1.165) is 81.2 Å².